The Morgan fingerprint density at radius 1 is 1.14 bits per heavy atom. The van der Waals surface area contributed by atoms with Crippen molar-refractivity contribution in [3.63, 3.8) is 0 Å². The van der Waals surface area contributed by atoms with Crippen LogP contribution in [0.5, 0.6) is 0 Å². The molecule has 0 aliphatic heterocycles. The number of hydrogen-bond acceptors (Lipinski definition) is 7. The zero-order chi connectivity index (χ0) is 26.3. The Kier molecular flexibility index (Phi) is 9.50. The average Bonchev–Trinajstić information content (AvgIpc) is 3.03. The minimum atomic E-state index is -0.946. The van der Waals surface area contributed by atoms with Crippen LogP contribution in [0.25, 0.3) is 11.0 Å². The third-order valence-electron chi connectivity index (χ3n) is 5.26. The van der Waals surface area contributed by atoms with Crippen molar-refractivity contribution in [3.05, 3.63) is 24.0 Å². The van der Waals surface area contributed by atoms with Crippen molar-refractivity contribution in [2.75, 3.05) is 12.3 Å². The highest BCUT2D eigenvalue weighted by atomic mass is 16.6. The second-order valence-electron chi connectivity index (χ2n) is 10.0. The van der Waals surface area contributed by atoms with Crippen molar-refractivity contribution >= 4 is 34.7 Å². The fourth-order valence-electron chi connectivity index (χ4n) is 3.68. The number of alkyl carbamates (subject to hydrolysis) is 1. The number of nitrogens with zero attached hydrogens (tertiary/aromatic N) is 2. The largest absolute Gasteiger partial charge is 0.464 e. The fraction of sp³-hybridized carbons (Fsp3) is 0.600. The van der Waals surface area contributed by atoms with Gasteiger partial charge < -0.3 is 30.4 Å². The third kappa shape index (κ3) is 8.45. The van der Waals surface area contributed by atoms with E-state index in [4.69, 9.17) is 15.2 Å². The first-order valence-electron chi connectivity index (χ1n) is 12.0. The number of carbonyl (C=O) groups excluding carboxylic acids is 3. The van der Waals surface area contributed by atoms with Crippen LogP contribution in [0.15, 0.2) is 18.2 Å². The van der Waals surface area contributed by atoms with Gasteiger partial charge in [-0.25, -0.2) is 14.6 Å². The van der Waals surface area contributed by atoms with Crippen LogP contribution >= 0.6 is 0 Å². The number of nitrogens with two attached hydrogens (primary N) is 1. The lowest BCUT2D eigenvalue weighted by Crippen LogP contribution is -2.53. The van der Waals surface area contributed by atoms with Crippen LogP contribution in [0.3, 0.4) is 0 Å². The fourth-order valence-corrected chi connectivity index (χ4v) is 3.68. The highest BCUT2D eigenvalue weighted by Gasteiger charge is 2.29. The molecule has 2 atom stereocenters. The van der Waals surface area contributed by atoms with Gasteiger partial charge in [0.25, 0.3) is 0 Å². The molecule has 0 spiro atoms. The van der Waals surface area contributed by atoms with Crippen LogP contribution in [0.4, 0.5) is 10.5 Å². The van der Waals surface area contributed by atoms with E-state index in [2.05, 4.69) is 15.6 Å². The number of rotatable bonds is 10. The number of aryl methyl sites for hydroxylation is 2. The minimum absolute atomic E-state index is 0.148. The summed E-state index contributed by atoms with van der Waals surface area (Å²) in [5.41, 5.74) is 7.42. The second-order valence-corrected chi connectivity index (χ2v) is 10.0. The van der Waals surface area contributed by atoms with Crippen molar-refractivity contribution in [2.45, 2.75) is 78.5 Å². The van der Waals surface area contributed by atoms with E-state index >= 15 is 0 Å². The predicted octanol–water partition coefficient (Wildman–Crippen LogP) is 3.08. The Hall–Kier alpha value is -3.30. The first kappa shape index (κ1) is 27.9. The maximum absolute atomic E-state index is 13.2. The summed E-state index contributed by atoms with van der Waals surface area (Å²) in [5, 5.41) is 5.41. The summed E-state index contributed by atoms with van der Waals surface area (Å²) in [7, 11) is 1.89. The van der Waals surface area contributed by atoms with Gasteiger partial charge in [0, 0.05) is 19.2 Å². The van der Waals surface area contributed by atoms with Gasteiger partial charge in [0.15, 0.2) is 0 Å². The van der Waals surface area contributed by atoms with Crippen molar-refractivity contribution < 1.29 is 23.9 Å². The third-order valence-corrected chi connectivity index (χ3v) is 5.26. The van der Waals surface area contributed by atoms with E-state index in [0.29, 0.717) is 18.5 Å². The Morgan fingerprint density at radius 2 is 1.83 bits per heavy atom. The lowest BCUT2D eigenvalue weighted by atomic mass is 10.0. The summed E-state index contributed by atoms with van der Waals surface area (Å²) in [6.07, 6.45) is 0.338. The summed E-state index contributed by atoms with van der Waals surface area (Å²) in [6.45, 7) is 11.1. The Morgan fingerprint density at radius 3 is 2.43 bits per heavy atom. The predicted molar refractivity (Wildman–Crippen MR) is 135 cm³/mol. The van der Waals surface area contributed by atoms with E-state index in [0.717, 1.165) is 16.9 Å². The Balaban J connectivity index is 2.23. The molecule has 35 heavy (non-hydrogen) atoms. The number of amides is 2. The number of fused-ring (bicyclic) bond motifs is 1. The molecule has 2 rings (SSSR count). The van der Waals surface area contributed by atoms with Gasteiger partial charge >= 0.3 is 12.1 Å². The molecule has 10 heteroatoms. The van der Waals surface area contributed by atoms with E-state index in [9.17, 15) is 14.4 Å². The smallest absolute Gasteiger partial charge is 0.408 e. The van der Waals surface area contributed by atoms with E-state index in [1.165, 1.54) is 0 Å². The minimum Gasteiger partial charge on any atom is -0.464 e. The average molecular weight is 490 g/mol. The summed E-state index contributed by atoms with van der Waals surface area (Å²) in [6, 6.07) is 3.72. The molecule has 4 N–H and O–H groups in total. The lowest BCUT2D eigenvalue weighted by molar-refractivity contribution is -0.148. The normalized spacial score (nSPS) is 13.4. The molecule has 0 unspecified atom stereocenters. The standard InChI is InChI=1S/C25H39N5O5/c1-8-34-23(32)19(13-15(2)3)28-22(31)17(29-24(33)35-25(4,5)6)10-12-21-27-18-14-16(26)9-11-20(18)30(21)7/h9,11,14-15,17,19H,8,10,12-13,26H2,1-7H3,(H,28,31)(H,29,33)/t17-,19+/m0/s1. The van der Waals surface area contributed by atoms with Crippen molar-refractivity contribution in [3.8, 4) is 0 Å². The van der Waals surface area contributed by atoms with Gasteiger partial charge in [0.05, 0.1) is 17.6 Å². The number of benzene rings is 1. The van der Waals surface area contributed by atoms with Gasteiger partial charge in [-0.1, -0.05) is 13.8 Å². The number of hydrogen-bond donors (Lipinski definition) is 3. The number of nitrogen functional groups attached to an aromatic ring is 1. The molecule has 0 radical (unpaired) electrons. The van der Waals surface area contributed by atoms with Crippen molar-refractivity contribution in [1.82, 2.24) is 20.2 Å². The van der Waals surface area contributed by atoms with E-state index in [-0.39, 0.29) is 18.9 Å². The molecule has 2 aromatic rings. The number of nitrogens with one attached hydrogen (secondary N) is 2. The van der Waals surface area contributed by atoms with Gasteiger partial charge in [0.1, 0.15) is 23.5 Å². The van der Waals surface area contributed by atoms with Crippen LogP contribution in [-0.2, 0) is 32.5 Å². The number of aromatic nitrogens is 2. The molecule has 0 aliphatic rings. The second kappa shape index (κ2) is 11.9. The van der Waals surface area contributed by atoms with E-state index < -0.39 is 35.7 Å². The molecule has 10 nitrogen and oxygen atoms in total. The van der Waals surface area contributed by atoms with E-state index in [1.807, 2.05) is 31.5 Å². The van der Waals surface area contributed by atoms with Gasteiger partial charge in [0.2, 0.25) is 5.91 Å². The number of esters is 1. The summed E-state index contributed by atoms with van der Waals surface area (Å²) < 4.78 is 12.4. The quantitative estimate of drug-likeness (QED) is 0.344. The molecule has 0 saturated carbocycles. The highest BCUT2D eigenvalue weighted by Crippen LogP contribution is 2.19. The summed E-state index contributed by atoms with van der Waals surface area (Å²) in [5.74, 6) is -0.107. The number of anilines is 1. The first-order valence-corrected chi connectivity index (χ1v) is 12.0. The molecule has 1 heterocycles. The Bertz CT molecular complexity index is 1040. The van der Waals surface area contributed by atoms with Crippen molar-refractivity contribution in [2.24, 2.45) is 13.0 Å². The molecule has 0 aliphatic carbocycles. The summed E-state index contributed by atoms with van der Waals surface area (Å²) >= 11 is 0. The van der Waals surface area contributed by atoms with Crippen LogP contribution in [0.2, 0.25) is 0 Å². The highest BCUT2D eigenvalue weighted by molar-refractivity contribution is 5.89. The summed E-state index contributed by atoms with van der Waals surface area (Å²) in [4.78, 5) is 42.8. The number of imidazole rings is 1. The first-order chi connectivity index (χ1) is 16.3. The number of ether oxygens (including phenoxy) is 2. The van der Waals surface area contributed by atoms with Crippen LogP contribution in [0, 0.1) is 5.92 Å². The van der Waals surface area contributed by atoms with Gasteiger partial charge in [-0.05, 0) is 64.7 Å². The van der Waals surface area contributed by atoms with Crippen LogP contribution in [-0.4, -0.2) is 51.8 Å². The molecule has 194 valence electrons. The molecule has 0 bridgehead atoms. The lowest BCUT2D eigenvalue weighted by Gasteiger charge is -2.25. The zero-order valence-corrected chi connectivity index (χ0v) is 21.8. The number of carbonyl (C=O) groups is 3. The van der Waals surface area contributed by atoms with Gasteiger partial charge in [-0.2, -0.15) is 0 Å². The zero-order valence-electron chi connectivity index (χ0n) is 21.8. The molecular formula is C25H39N5O5. The molecular weight excluding hydrogens is 450 g/mol. The SMILES string of the molecule is CCOC(=O)[C@@H](CC(C)C)NC(=O)[C@H](CCc1nc2cc(N)ccc2n1C)NC(=O)OC(C)(C)C. The molecule has 2 amide bonds. The van der Waals surface area contributed by atoms with E-state index in [1.54, 1.807) is 39.8 Å². The molecule has 1 aromatic carbocycles. The topological polar surface area (TPSA) is 138 Å². The maximum Gasteiger partial charge on any atom is 0.408 e. The molecule has 1 aromatic heterocycles. The monoisotopic (exact) mass is 489 g/mol. The maximum atomic E-state index is 13.2. The Labute approximate surface area is 206 Å². The van der Waals surface area contributed by atoms with Crippen molar-refractivity contribution in [1.29, 1.82) is 0 Å². The van der Waals surface area contributed by atoms with Gasteiger partial charge in [-0.15, -0.1) is 0 Å². The van der Waals surface area contributed by atoms with Gasteiger partial charge in [-0.3, -0.25) is 4.79 Å². The molecule has 0 saturated heterocycles. The van der Waals surface area contributed by atoms with Crippen LogP contribution in [0.1, 0.15) is 60.2 Å². The molecule has 0 fully saturated rings. The van der Waals surface area contributed by atoms with Crippen LogP contribution < -0.4 is 16.4 Å².